The minimum atomic E-state index is -0.755. The van der Waals surface area contributed by atoms with Crippen LogP contribution >= 0.6 is 0 Å². The minimum Gasteiger partial charge on any atom is -0.390 e. The topological polar surface area (TPSA) is 68.8 Å². The molecule has 0 saturated heterocycles. The van der Waals surface area contributed by atoms with Gasteiger partial charge in [0.15, 0.2) is 0 Å². The quantitative estimate of drug-likeness (QED) is 0.831. The van der Waals surface area contributed by atoms with Crippen molar-refractivity contribution in [2.24, 2.45) is 7.05 Å². The van der Waals surface area contributed by atoms with Gasteiger partial charge in [0, 0.05) is 31.4 Å². The molecule has 0 spiro atoms. The number of nitrogens with zero attached hydrogens (tertiary/aromatic N) is 5. The van der Waals surface area contributed by atoms with Gasteiger partial charge in [-0.3, -0.25) is 4.68 Å². The molecule has 0 unspecified atom stereocenters. The molecule has 0 radical (unpaired) electrons. The van der Waals surface area contributed by atoms with E-state index in [4.69, 9.17) is 0 Å². The van der Waals surface area contributed by atoms with Crippen LogP contribution in [0.3, 0.4) is 0 Å². The molecular formula is C11H17N5O. The standard InChI is InChI=1S/C11H17N5O/c1-11(2,17)4-10-8-16(14-13-10)7-9-5-12-15(3)6-9/h5-6,8,17H,4,7H2,1-3H3. The van der Waals surface area contributed by atoms with Crippen molar-refractivity contribution in [3.63, 3.8) is 0 Å². The van der Waals surface area contributed by atoms with E-state index in [9.17, 15) is 5.11 Å². The Morgan fingerprint density at radius 2 is 2.12 bits per heavy atom. The van der Waals surface area contributed by atoms with Crippen LogP contribution in [-0.2, 0) is 20.0 Å². The summed E-state index contributed by atoms with van der Waals surface area (Å²) in [5.74, 6) is 0. The van der Waals surface area contributed by atoms with Crippen molar-refractivity contribution < 1.29 is 5.11 Å². The molecule has 2 aromatic rings. The Morgan fingerprint density at radius 3 is 2.71 bits per heavy atom. The summed E-state index contributed by atoms with van der Waals surface area (Å²) in [5, 5.41) is 21.8. The largest absolute Gasteiger partial charge is 0.390 e. The van der Waals surface area contributed by atoms with Gasteiger partial charge in [-0.2, -0.15) is 5.10 Å². The van der Waals surface area contributed by atoms with E-state index >= 15 is 0 Å². The zero-order valence-electron chi connectivity index (χ0n) is 10.3. The van der Waals surface area contributed by atoms with Crippen molar-refractivity contribution in [2.45, 2.75) is 32.4 Å². The van der Waals surface area contributed by atoms with Crippen LogP contribution in [0.15, 0.2) is 18.6 Å². The maximum Gasteiger partial charge on any atom is 0.0855 e. The minimum absolute atomic E-state index is 0.500. The van der Waals surface area contributed by atoms with E-state index in [1.807, 2.05) is 19.4 Å². The number of hydrogen-bond donors (Lipinski definition) is 1. The molecule has 6 heteroatoms. The van der Waals surface area contributed by atoms with Crippen molar-refractivity contribution in [3.8, 4) is 0 Å². The summed E-state index contributed by atoms with van der Waals surface area (Å²) >= 11 is 0. The predicted molar refractivity (Wildman–Crippen MR) is 62.3 cm³/mol. The molecule has 17 heavy (non-hydrogen) atoms. The lowest BCUT2D eigenvalue weighted by molar-refractivity contribution is 0.0799. The van der Waals surface area contributed by atoms with Gasteiger partial charge >= 0.3 is 0 Å². The Kier molecular flexibility index (Phi) is 2.97. The Hall–Kier alpha value is -1.69. The normalized spacial score (nSPS) is 12.0. The smallest absolute Gasteiger partial charge is 0.0855 e. The Morgan fingerprint density at radius 1 is 1.35 bits per heavy atom. The number of aryl methyl sites for hydroxylation is 1. The van der Waals surface area contributed by atoms with Gasteiger partial charge in [-0.15, -0.1) is 5.10 Å². The van der Waals surface area contributed by atoms with Crippen LogP contribution < -0.4 is 0 Å². The zero-order valence-corrected chi connectivity index (χ0v) is 10.3. The van der Waals surface area contributed by atoms with E-state index in [1.54, 1.807) is 29.4 Å². The maximum atomic E-state index is 9.68. The van der Waals surface area contributed by atoms with Gasteiger partial charge in [-0.05, 0) is 13.8 Å². The van der Waals surface area contributed by atoms with Gasteiger partial charge < -0.3 is 5.11 Å². The van der Waals surface area contributed by atoms with Crippen LogP contribution in [0.2, 0.25) is 0 Å². The Bertz CT molecular complexity index is 494. The third-order valence-corrected chi connectivity index (χ3v) is 2.30. The first-order valence-corrected chi connectivity index (χ1v) is 5.51. The van der Waals surface area contributed by atoms with Crippen molar-refractivity contribution in [1.29, 1.82) is 0 Å². The SMILES string of the molecule is Cn1cc(Cn2cc(CC(C)(C)O)nn2)cn1. The lowest BCUT2D eigenvalue weighted by Gasteiger charge is -2.13. The lowest BCUT2D eigenvalue weighted by Crippen LogP contribution is -2.22. The summed E-state index contributed by atoms with van der Waals surface area (Å²) in [4.78, 5) is 0. The second-order valence-corrected chi connectivity index (χ2v) is 4.92. The van der Waals surface area contributed by atoms with Gasteiger partial charge in [0.1, 0.15) is 0 Å². The summed E-state index contributed by atoms with van der Waals surface area (Å²) in [5.41, 5.74) is 1.11. The number of hydrogen-bond acceptors (Lipinski definition) is 4. The Labute approximate surface area is 99.9 Å². The highest BCUT2D eigenvalue weighted by molar-refractivity contribution is 5.05. The lowest BCUT2D eigenvalue weighted by atomic mass is 10.0. The van der Waals surface area contributed by atoms with Crippen LogP contribution in [0.1, 0.15) is 25.1 Å². The van der Waals surface area contributed by atoms with E-state index < -0.39 is 5.60 Å². The van der Waals surface area contributed by atoms with E-state index in [0.717, 1.165) is 11.3 Å². The molecule has 0 fully saturated rings. The van der Waals surface area contributed by atoms with E-state index in [0.29, 0.717) is 13.0 Å². The van der Waals surface area contributed by atoms with Crippen LogP contribution in [-0.4, -0.2) is 35.5 Å². The van der Waals surface area contributed by atoms with Crippen LogP contribution in [0, 0.1) is 0 Å². The highest BCUT2D eigenvalue weighted by Gasteiger charge is 2.15. The number of aliphatic hydroxyl groups is 1. The molecule has 0 aliphatic rings. The predicted octanol–water partition coefficient (Wildman–Crippen LogP) is 0.373. The van der Waals surface area contributed by atoms with Gasteiger partial charge in [-0.1, -0.05) is 5.21 Å². The first-order valence-electron chi connectivity index (χ1n) is 5.51. The third kappa shape index (κ3) is 3.39. The average molecular weight is 235 g/mol. The zero-order chi connectivity index (χ0) is 12.5. The molecule has 0 aliphatic carbocycles. The first-order chi connectivity index (χ1) is 7.92. The van der Waals surface area contributed by atoms with Crippen molar-refractivity contribution in [1.82, 2.24) is 24.8 Å². The van der Waals surface area contributed by atoms with Crippen molar-refractivity contribution in [3.05, 3.63) is 29.8 Å². The second kappa shape index (κ2) is 4.29. The average Bonchev–Trinajstić information content (AvgIpc) is 2.74. The molecule has 0 saturated carbocycles. The third-order valence-electron chi connectivity index (χ3n) is 2.30. The molecule has 0 bridgehead atoms. The number of aromatic nitrogens is 5. The summed E-state index contributed by atoms with van der Waals surface area (Å²) in [7, 11) is 1.88. The molecular weight excluding hydrogens is 218 g/mol. The van der Waals surface area contributed by atoms with Gasteiger partial charge in [0.05, 0.1) is 24.0 Å². The molecule has 0 aliphatic heterocycles. The molecule has 6 nitrogen and oxygen atoms in total. The summed E-state index contributed by atoms with van der Waals surface area (Å²) in [6.07, 6.45) is 6.10. The summed E-state index contributed by atoms with van der Waals surface area (Å²) in [6, 6.07) is 0. The summed E-state index contributed by atoms with van der Waals surface area (Å²) in [6.45, 7) is 4.16. The second-order valence-electron chi connectivity index (χ2n) is 4.92. The molecule has 2 aromatic heterocycles. The fraction of sp³-hybridized carbons (Fsp3) is 0.545. The van der Waals surface area contributed by atoms with Crippen molar-refractivity contribution >= 4 is 0 Å². The first kappa shape index (κ1) is 11.8. The summed E-state index contributed by atoms with van der Waals surface area (Å²) < 4.78 is 3.50. The fourth-order valence-electron chi connectivity index (χ4n) is 1.68. The maximum absolute atomic E-state index is 9.68. The van der Waals surface area contributed by atoms with Gasteiger partial charge in [0.25, 0.3) is 0 Å². The molecule has 2 heterocycles. The van der Waals surface area contributed by atoms with Crippen LogP contribution in [0.4, 0.5) is 0 Å². The highest BCUT2D eigenvalue weighted by atomic mass is 16.3. The van der Waals surface area contributed by atoms with Crippen LogP contribution in [0.5, 0.6) is 0 Å². The van der Waals surface area contributed by atoms with Gasteiger partial charge in [-0.25, -0.2) is 4.68 Å². The van der Waals surface area contributed by atoms with Crippen molar-refractivity contribution in [2.75, 3.05) is 0 Å². The fourth-order valence-corrected chi connectivity index (χ4v) is 1.68. The van der Waals surface area contributed by atoms with Gasteiger partial charge in [0.2, 0.25) is 0 Å². The molecule has 2 rings (SSSR count). The Balaban J connectivity index is 2.03. The van der Waals surface area contributed by atoms with Crippen LogP contribution in [0.25, 0.3) is 0 Å². The molecule has 1 N–H and O–H groups in total. The van der Waals surface area contributed by atoms with E-state index in [1.165, 1.54) is 0 Å². The highest BCUT2D eigenvalue weighted by Crippen LogP contribution is 2.09. The van der Waals surface area contributed by atoms with E-state index in [2.05, 4.69) is 15.4 Å². The van der Waals surface area contributed by atoms with E-state index in [-0.39, 0.29) is 0 Å². The molecule has 0 amide bonds. The monoisotopic (exact) mass is 235 g/mol. The number of rotatable bonds is 4. The molecule has 0 aromatic carbocycles. The molecule has 92 valence electrons. The molecule has 0 atom stereocenters.